The van der Waals surface area contributed by atoms with E-state index in [1.165, 1.54) is 12.1 Å². The molecule has 4 rings (SSSR count). The Morgan fingerprint density at radius 3 is 2.93 bits per heavy atom. The van der Waals surface area contributed by atoms with Gasteiger partial charge in [0.05, 0.1) is 29.3 Å². The van der Waals surface area contributed by atoms with Gasteiger partial charge in [0.15, 0.2) is 0 Å². The van der Waals surface area contributed by atoms with E-state index in [1.54, 1.807) is 35.5 Å². The van der Waals surface area contributed by atoms with Crippen LogP contribution in [-0.2, 0) is 17.6 Å². The summed E-state index contributed by atoms with van der Waals surface area (Å²) in [5.41, 5.74) is 3.50. The van der Waals surface area contributed by atoms with Crippen molar-refractivity contribution in [1.29, 1.82) is 0 Å². The summed E-state index contributed by atoms with van der Waals surface area (Å²) in [5.74, 6) is -0.321. The highest BCUT2D eigenvalue weighted by molar-refractivity contribution is 5.76. The highest BCUT2D eigenvalue weighted by Crippen LogP contribution is 2.41. The number of rotatable bonds is 5. The van der Waals surface area contributed by atoms with E-state index in [-0.39, 0.29) is 23.2 Å². The lowest BCUT2D eigenvalue weighted by molar-refractivity contribution is -0.122. The second kappa shape index (κ2) is 7.73. The van der Waals surface area contributed by atoms with Gasteiger partial charge in [0, 0.05) is 30.6 Å². The van der Waals surface area contributed by atoms with Gasteiger partial charge in [-0.1, -0.05) is 19.9 Å². The molecule has 0 spiro atoms. The van der Waals surface area contributed by atoms with Crippen molar-refractivity contribution in [3.05, 3.63) is 71.8 Å². The van der Waals surface area contributed by atoms with E-state index in [0.717, 1.165) is 29.8 Å². The number of nitrogens with one attached hydrogen (secondary N) is 1. The molecule has 1 aromatic carbocycles. The summed E-state index contributed by atoms with van der Waals surface area (Å²) in [4.78, 5) is 20.8. The van der Waals surface area contributed by atoms with Crippen LogP contribution < -0.4 is 5.32 Å². The Balaban J connectivity index is 1.54. The lowest BCUT2D eigenvalue weighted by Crippen LogP contribution is -2.36. The van der Waals surface area contributed by atoms with Crippen molar-refractivity contribution in [2.75, 3.05) is 0 Å². The molecule has 0 saturated heterocycles. The van der Waals surface area contributed by atoms with Gasteiger partial charge in [-0.25, -0.2) is 9.07 Å². The van der Waals surface area contributed by atoms with Gasteiger partial charge in [0.2, 0.25) is 5.91 Å². The third-order valence-corrected chi connectivity index (χ3v) is 5.29. The molecule has 1 atom stereocenters. The summed E-state index contributed by atoms with van der Waals surface area (Å²) in [7, 11) is 0. The van der Waals surface area contributed by atoms with Crippen molar-refractivity contribution in [3.8, 4) is 5.69 Å². The number of fused-ring (bicyclic) bond motifs is 1. The highest BCUT2D eigenvalue weighted by atomic mass is 19.1. The molecule has 0 fully saturated rings. The smallest absolute Gasteiger partial charge is 0.220 e. The number of benzene rings is 1. The molecule has 1 amide bonds. The molecule has 3 aromatic rings. The van der Waals surface area contributed by atoms with E-state index >= 15 is 0 Å². The minimum absolute atomic E-state index is 0.0129. The lowest BCUT2D eigenvalue weighted by Gasteiger charge is -2.36. The summed E-state index contributed by atoms with van der Waals surface area (Å²) in [6, 6.07) is 6.29. The summed E-state index contributed by atoms with van der Waals surface area (Å²) in [6.45, 7) is 4.36. The first kappa shape index (κ1) is 19.2. The number of hydrogen-bond acceptors (Lipinski definition) is 4. The quantitative estimate of drug-likeness (QED) is 0.719. The van der Waals surface area contributed by atoms with Crippen LogP contribution in [0.3, 0.4) is 0 Å². The van der Waals surface area contributed by atoms with Crippen LogP contribution >= 0.6 is 0 Å². The number of hydrogen-bond donors (Lipinski definition) is 1. The van der Waals surface area contributed by atoms with Crippen molar-refractivity contribution in [1.82, 2.24) is 25.1 Å². The Kier molecular flexibility index (Phi) is 5.13. The van der Waals surface area contributed by atoms with Crippen molar-refractivity contribution in [2.45, 2.75) is 45.6 Å². The molecule has 6 nitrogen and oxygen atoms in total. The number of aryl methyl sites for hydroxylation is 1. The van der Waals surface area contributed by atoms with Gasteiger partial charge < -0.3 is 5.32 Å². The van der Waals surface area contributed by atoms with Crippen LogP contribution in [0.2, 0.25) is 0 Å². The molecule has 2 aromatic heterocycles. The molecular weight excluding hydrogens is 369 g/mol. The molecule has 0 saturated carbocycles. The van der Waals surface area contributed by atoms with Crippen LogP contribution in [0.25, 0.3) is 5.69 Å². The molecule has 0 unspecified atom stereocenters. The highest BCUT2D eigenvalue weighted by Gasteiger charge is 2.36. The average Bonchev–Trinajstić information content (AvgIpc) is 3.10. The second-order valence-electron chi connectivity index (χ2n) is 8.30. The molecule has 1 aliphatic carbocycles. The lowest BCUT2D eigenvalue weighted by atomic mass is 9.74. The van der Waals surface area contributed by atoms with E-state index in [9.17, 15) is 9.18 Å². The van der Waals surface area contributed by atoms with Gasteiger partial charge in [-0.3, -0.25) is 14.8 Å². The van der Waals surface area contributed by atoms with Crippen LogP contribution in [0, 0.1) is 11.2 Å². The zero-order valence-electron chi connectivity index (χ0n) is 16.6. The fourth-order valence-corrected chi connectivity index (χ4v) is 3.97. The maximum atomic E-state index is 13.7. The van der Waals surface area contributed by atoms with Gasteiger partial charge in [-0.05, 0) is 42.9 Å². The van der Waals surface area contributed by atoms with Crippen molar-refractivity contribution < 1.29 is 9.18 Å². The summed E-state index contributed by atoms with van der Waals surface area (Å²) in [5, 5.41) is 7.67. The molecule has 29 heavy (non-hydrogen) atoms. The molecule has 0 radical (unpaired) electrons. The minimum Gasteiger partial charge on any atom is -0.349 e. The number of carbonyl (C=O) groups is 1. The van der Waals surface area contributed by atoms with Gasteiger partial charge in [0.1, 0.15) is 5.82 Å². The van der Waals surface area contributed by atoms with E-state index < -0.39 is 0 Å². The normalized spacial score (nSPS) is 17.6. The number of amides is 1. The topological polar surface area (TPSA) is 72.7 Å². The SMILES string of the molecule is CC1(C)Cc2c(cnn2-c2cccc(F)c2)[C@H](NC(=O)CCc2cnccn2)C1. The van der Waals surface area contributed by atoms with E-state index in [1.807, 2.05) is 6.07 Å². The Morgan fingerprint density at radius 2 is 2.17 bits per heavy atom. The predicted molar refractivity (Wildman–Crippen MR) is 107 cm³/mol. The summed E-state index contributed by atoms with van der Waals surface area (Å²) >= 11 is 0. The first-order valence-electron chi connectivity index (χ1n) is 9.78. The molecular formula is C22H24FN5O. The third kappa shape index (κ3) is 4.34. The first-order chi connectivity index (χ1) is 13.9. The zero-order chi connectivity index (χ0) is 20.4. The fourth-order valence-electron chi connectivity index (χ4n) is 3.97. The van der Waals surface area contributed by atoms with Crippen LogP contribution in [0.4, 0.5) is 4.39 Å². The molecule has 2 heterocycles. The maximum absolute atomic E-state index is 13.7. The monoisotopic (exact) mass is 393 g/mol. The molecule has 1 N–H and O–H groups in total. The van der Waals surface area contributed by atoms with Gasteiger partial charge >= 0.3 is 0 Å². The number of carbonyl (C=O) groups excluding carboxylic acids is 1. The van der Waals surface area contributed by atoms with Gasteiger partial charge in [-0.15, -0.1) is 0 Å². The minimum atomic E-state index is -0.296. The van der Waals surface area contributed by atoms with Crippen molar-refractivity contribution in [2.24, 2.45) is 5.41 Å². The van der Waals surface area contributed by atoms with Crippen LogP contribution in [0.5, 0.6) is 0 Å². The molecule has 7 heteroatoms. The average molecular weight is 393 g/mol. The maximum Gasteiger partial charge on any atom is 0.220 e. The van der Waals surface area contributed by atoms with Gasteiger partial charge in [-0.2, -0.15) is 5.10 Å². The standard InChI is InChI=1S/C22H24FN5O/c1-22(2)11-19(27-21(29)7-6-16-13-24-8-9-25-16)18-14-26-28(20(18)12-22)17-5-3-4-15(23)10-17/h3-5,8-10,13-14,19H,6-7,11-12H2,1-2H3,(H,27,29)/t19-/m1/s1. The fraction of sp³-hybridized carbons (Fsp3) is 0.364. The molecule has 150 valence electrons. The summed E-state index contributed by atoms with van der Waals surface area (Å²) < 4.78 is 15.5. The molecule has 0 aliphatic heterocycles. The van der Waals surface area contributed by atoms with Crippen LogP contribution in [0.1, 0.15) is 49.7 Å². The Labute approximate surface area is 169 Å². The predicted octanol–water partition coefficient (Wildman–Crippen LogP) is 3.56. The number of nitrogens with zero attached hydrogens (tertiary/aromatic N) is 4. The van der Waals surface area contributed by atoms with Crippen molar-refractivity contribution >= 4 is 5.91 Å². The largest absolute Gasteiger partial charge is 0.349 e. The summed E-state index contributed by atoms with van der Waals surface area (Å²) in [6.07, 6.45) is 9.25. The zero-order valence-corrected chi connectivity index (χ0v) is 16.6. The Hall–Kier alpha value is -3.09. The third-order valence-electron chi connectivity index (χ3n) is 5.29. The molecule has 1 aliphatic rings. The molecule has 0 bridgehead atoms. The second-order valence-corrected chi connectivity index (χ2v) is 8.30. The Morgan fingerprint density at radius 1 is 1.31 bits per heavy atom. The van der Waals surface area contributed by atoms with Gasteiger partial charge in [0.25, 0.3) is 0 Å². The van der Waals surface area contributed by atoms with Crippen molar-refractivity contribution in [3.63, 3.8) is 0 Å². The van der Waals surface area contributed by atoms with E-state index in [0.29, 0.717) is 18.5 Å². The Bertz CT molecular complexity index is 1020. The number of aromatic nitrogens is 4. The van der Waals surface area contributed by atoms with Crippen LogP contribution in [-0.4, -0.2) is 25.7 Å². The first-order valence-corrected chi connectivity index (χ1v) is 9.78. The van der Waals surface area contributed by atoms with E-state index in [2.05, 4.69) is 34.2 Å². The van der Waals surface area contributed by atoms with E-state index in [4.69, 9.17) is 0 Å². The number of halogens is 1. The van der Waals surface area contributed by atoms with Crippen LogP contribution in [0.15, 0.2) is 49.1 Å².